The third-order valence-electron chi connectivity index (χ3n) is 3.42. The third kappa shape index (κ3) is 5.06. The monoisotopic (exact) mass is 287 g/mol. The number of benzene rings is 1. The number of carbonyl (C=O) groups is 2. The lowest BCUT2D eigenvalue weighted by atomic mass is 10.1. The summed E-state index contributed by atoms with van der Waals surface area (Å²) in [5, 5.41) is 0. The number of hydrogen-bond donors (Lipinski definition) is 0. The van der Waals surface area contributed by atoms with Crippen molar-refractivity contribution >= 4 is 12.0 Å². The fraction of sp³-hybridized carbons (Fsp3) is 0.412. The molecule has 1 aromatic rings. The number of allylic oxidation sites excluding steroid dienone is 2. The van der Waals surface area contributed by atoms with Gasteiger partial charge in [-0.05, 0) is 31.2 Å². The normalized spacial score (nSPS) is 18.1. The first-order valence-electron chi connectivity index (χ1n) is 7.43. The molecule has 112 valence electrons. The Morgan fingerprint density at radius 3 is 2.67 bits per heavy atom. The summed E-state index contributed by atoms with van der Waals surface area (Å²) < 4.78 is 5.25. The zero-order valence-corrected chi connectivity index (χ0v) is 12.2. The Kier molecular flexibility index (Phi) is 6.00. The van der Waals surface area contributed by atoms with Crippen molar-refractivity contribution in [3.63, 3.8) is 0 Å². The Labute approximate surface area is 125 Å². The second-order valence-electron chi connectivity index (χ2n) is 5.09. The predicted molar refractivity (Wildman–Crippen MR) is 80.6 cm³/mol. The van der Waals surface area contributed by atoms with Gasteiger partial charge in [-0.1, -0.05) is 42.5 Å². The van der Waals surface area contributed by atoms with E-state index in [-0.39, 0.29) is 12.5 Å². The number of amides is 2. The smallest absolute Gasteiger partial charge is 0.416 e. The molecule has 0 bridgehead atoms. The molecule has 0 saturated heterocycles. The van der Waals surface area contributed by atoms with Gasteiger partial charge < -0.3 is 4.74 Å². The summed E-state index contributed by atoms with van der Waals surface area (Å²) in [7, 11) is 0. The van der Waals surface area contributed by atoms with Crippen LogP contribution in [0.15, 0.2) is 42.5 Å². The van der Waals surface area contributed by atoms with Gasteiger partial charge in [-0.3, -0.25) is 4.79 Å². The molecule has 0 spiro atoms. The lowest BCUT2D eigenvalue weighted by Crippen LogP contribution is -2.38. The molecule has 1 aliphatic heterocycles. The average Bonchev–Trinajstić information content (AvgIpc) is 2.52. The summed E-state index contributed by atoms with van der Waals surface area (Å²) >= 11 is 0. The van der Waals surface area contributed by atoms with E-state index in [0.717, 1.165) is 24.8 Å². The van der Waals surface area contributed by atoms with Gasteiger partial charge in [-0.25, -0.2) is 9.69 Å². The molecule has 0 saturated carbocycles. The summed E-state index contributed by atoms with van der Waals surface area (Å²) in [6.45, 7) is 0.643. The van der Waals surface area contributed by atoms with E-state index in [1.54, 1.807) is 0 Å². The summed E-state index contributed by atoms with van der Waals surface area (Å²) in [4.78, 5) is 25.4. The fourth-order valence-corrected chi connectivity index (χ4v) is 2.22. The highest BCUT2D eigenvalue weighted by Crippen LogP contribution is 2.10. The van der Waals surface area contributed by atoms with Crippen molar-refractivity contribution in [2.24, 2.45) is 0 Å². The van der Waals surface area contributed by atoms with Gasteiger partial charge in [-0.2, -0.15) is 0 Å². The highest BCUT2D eigenvalue weighted by atomic mass is 16.6. The fourth-order valence-electron chi connectivity index (χ4n) is 2.22. The van der Waals surface area contributed by atoms with E-state index in [0.29, 0.717) is 19.4 Å². The van der Waals surface area contributed by atoms with Gasteiger partial charge in [-0.15, -0.1) is 0 Å². The molecule has 21 heavy (non-hydrogen) atoms. The minimum atomic E-state index is -0.534. The van der Waals surface area contributed by atoms with E-state index >= 15 is 0 Å². The quantitative estimate of drug-likeness (QED) is 0.780. The zero-order chi connectivity index (χ0) is 14.9. The average molecular weight is 287 g/mol. The molecular weight excluding hydrogens is 266 g/mol. The molecule has 1 aromatic carbocycles. The van der Waals surface area contributed by atoms with Crippen LogP contribution in [0.2, 0.25) is 0 Å². The van der Waals surface area contributed by atoms with E-state index in [4.69, 9.17) is 4.74 Å². The van der Waals surface area contributed by atoms with Crippen LogP contribution in [-0.2, 0) is 16.1 Å². The van der Waals surface area contributed by atoms with Gasteiger partial charge in [0.2, 0.25) is 5.91 Å². The lowest BCUT2D eigenvalue weighted by Gasteiger charge is -2.20. The minimum absolute atomic E-state index is 0.153. The zero-order valence-electron chi connectivity index (χ0n) is 12.2. The number of rotatable bonds is 2. The van der Waals surface area contributed by atoms with Crippen molar-refractivity contribution in [2.75, 3.05) is 6.54 Å². The molecular formula is C17H21NO3. The standard InChI is InChI=1S/C17H21NO3/c19-16-12-8-3-1-2-4-9-13-18(16)17(20)21-14-15-10-6-5-7-11-15/h1,3,5-7,10-11H,2,4,8-9,12-14H2/b3-1-. The molecule has 0 fully saturated rings. The van der Waals surface area contributed by atoms with Crippen LogP contribution in [0.5, 0.6) is 0 Å². The highest BCUT2D eigenvalue weighted by Gasteiger charge is 2.22. The summed E-state index contributed by atoms with van der Waals surface area (Å²) in [6, 6.07) is 9.48. The molecule has 0 unspecified atom stereocenters. The first kappa shape index (κ1) is 15.3. The first-order valence-corrected chi connectivity index (χ1v) is 7.43. The van der Waals surface area contributed by atoms with Gasteiger partial charge >= 0.3 is 6.09 Å². The third-order valence-corrected chi connectivity index (χ3v) is 3.42. The maximum atomic E-state index is 12.1. The Hall–Kier alpha value is -2.10. The summed E-state index contributed by atoms with van der Waals surface area (Å²) in [6.07, 6.45) is 7.42. The molecule has 0 aromatic heterocycles. The van der Waals surface area contributed by atoms with Gasteiger partial charge in [0.25, 0.3) is 0 Å². The Balaban J connectivity index is 1.91. The van der Waals surface area contributed by atoms with Crippen LogP contribution >= 0.6 is 0 Å². The van der Waals surface area contributed by atoms with Crippen LogP contribution in [0.25, 0.3) is 0 Å². The van der Waals surface area contributed by atoms with Crippen molar-refractivity contribution in [1.82, 2.24) is 4.90 Å². The van der Waals surface area contributed by atoms with Gasteiger partial charge in [0, 0.05) is 13.0 Å². The van der Waals surface area contributed by atoms with Crippen molar-refractivity contribution in [2.45, 2.75) is 38.7 Å². The Morgan fingerprint density at radius 2 is 1.86 bits per heavy atom. The second kappa shape index (κ2) is 8.25. The molecule has 4 heteroatoms. The van der Waals surface area contributed by atoms with Crippen LogP contribution in [0.4, 0.5) is 4.79 Å². The number of nitrogens with zero attached hydrogens (tertiary/aromatic N) is 1. The Bertz CT molecular complexity index is 496. The van der Waals surface area contributed by atoms with Crippen LogP contribution in [-0.4, -0.2) is 23.4 Å². The maximum absolute atomic E-state index is 12.1. The van der Waals surface area contributed by atoms with E-state index in [9.17, 15) is 9.59 Å². The number of hydrogen-bond acceptors (Lipinski definition) is 3. The van der Waals surface area contributed by atoms with Crippen molar-refractivity contribution in [1.29, 1.82) is 0 Å². The highest BCUT2D eigenvalue weighted by molar-refractivity contribution is 5.91. The van der Waals surface area contributed by atoms with Crippen LogP contribution in [0.3, 0.4) is 0 Å². The van der Waals surface area contributed by atoms with Gasteiger partial charge in [0.1, 0.15) is 6.61 Å². The SMILES string of the molecule is O=C1CC/C=C\CCCCN1C(=O)OCc1ccccc1. The maximum Gasteiger partial charge on any atom is 0.416 e. The summed E-state index contributed by atoms with van der Waals surface area (Å²) in [5.41, 5.74) is 0.919. The predicted octanol–water partition coefficient (Wildman–Crippen LogP) is 3.67. The number of ether oxygens (including phenoxy) is 1. The largest absolute Gasteiger partial charge is 0.444 e. The molecule has 0 aliphatic carbocycles. The molecule has 2 amide bonds. The lowest BCUT2D eigenvalue weighted by molar-refractivity contribution is -0.129. The van der Waals surface area contributed by atoms with E-state index in [2.05, 4.69) is 6.08 Å². The molecule has 1 heterocycles. The molecule has 0 atom stereocenters. The Morgan fingerprint density at radius 1 is 1.10 bits per heavy atom. The van der Waals surface area contributed by atoms with Crippen molar-refractivity contribution in [3.8, 4) is 0 Å². The van der Waals surface area contributed by atoms with Crippen LogP contribution in [0, 0.1) is 0 Å². The molecule has 0 N–H and O–H groups in total. The minimum Gasteiger partial charge on any atom is -0.444 e. The molecule has 4 nitrogen and oxygen atoms in total. The van der Waals surface area contributed by atoms with Crippen molar-refractivity contribution in [3.05, 3.63) is 48.0 Å². The number of carbonyl (C=O) groups excluding carboxylic acids is 2. The van der Waals surface area contributed by atoms with E-state index in [1.165, 1.54) is 4.90 Å². The summed E-state index contributed by atoms with van der Waals surface area (Å²) in [5.74, 6) is -0.153. The van der Waals surface area contributed by atoms with Crippen LogP contribution in [0.1, 0.15) is 37.7 Å². The van der Waals surface area contributed by atoms with Gasteiger partial charge in [0.15, 0.2) is 0 Å². The molecule has 1 aliphatic rings. The molecule has 0 radical (unpaired) electrons. The van der Waals surface area contributed by atoms with Crippen LogP contribution < -0.4 is 0 Å². The van der Waals surface area contributed by atoms with E-state index < -0.39 is 6.09 Å². The first-order chi connectivity index (χ1) is 10.3. The molecule has 2 rings (SSSR count). The number of imide groups is 1. The van der Waals surface area contributed by atoms with Crippen molar-refractivity contribution < 1.29 is 14.3 Å². The van der Waals surface area contributed by atoms with E-state index in [1.807, 2.05) is 36.4 Å². The second-order valence-corrected chi connectivity index (χ2v) is 5.09. The van der Waals surface area contributed by atoms with Gasteiger partial charge in [0.05, 0.1) is 0 Å². The topological polar surface area (TPSA) is 46.6 Å².